The van der Waals surface area contributed by atoms with Gasteiger partial charge >= 0.3 is 29.1 Å². The summed E-state index contributed by atoms with van der Waals surface area (Å²) >= 11 is 0. The van der Waals surface area contributed by atoms with E-state index < -0.39 is 8.16 Å². The molecule has 0 amide bonds. The number of pyridine rings is 1. The molecule has 4 rings (SSSR count). The van der Waals surface area contributed by atoms with Gasteiger partial charge in [-0.15, -0.1) is 4.99 Å². The van der Waals surface area contributed by atoms with Crippen LogP contribution in [0.1, 0.15) is 44.9 Å². The van der Waals surface area contributed by atoms with Crippen molar-refractivity contribution in [3.8, 4) is 0 Å². The summed E-state index contributed by atoms with van der Waals surface area (Å²) in [5.74, 6) is 0. The minimum atomic E-state index is -8.55. The van der Waals surface area contributed by atoms with Gasteiger partial charge in [-0.25, -0.2) is 10.7 Å². The number of nitrogens with zero attached hydrogens (tertiary/aromatic N) is 2. The Morgan fingerprint density at radius 3 is 2.36 bits per heavy atom. The van der Waals surface area contributed by atoms with Crippen LogP contribution in [0.4, 0.5) is 32.4 Å². The van der Waals surface area contributed by atoms with Crippen LogP contribution in [-0.4, -0.2) is 12.3 Å². The number of unbranched alkanes of at least 4 members (excludes halogenated alkanes) is 1. The molecule has 0 spiro atoms. The second-order valence-electron chi connectivity index (χ2n) is 9.48. The Morgan fingerprint density at radius 2 is 1.72 bits per heavy atom. The maximum absolute atomic E-state index is 9.84. The Balaban J connectivity index is 0.000000687. The summed E-state index contributed by atoms with van der Waals surface area (Å²) in [6, 6.07) is 18.9. The van der Waals surface area contributed by atoms with E-state index in [0.29, 0.717) is 0 Å². The smallest absolute Gasteiger partial charge is 1.00 e. The Labute approximate surface area is 224 Å². The quantitative estimate of drug-likeness (QED) is 0.119. The molecule has 0 saturated carbocycles. The number of anilines is 2. The first-order chi connectivity index (χ1) is 17.7. The van der Waals surface area contributed by atoms with Gasteiger partial charge in [-0.2, -0.15) is 4.57 Å². The molecule has 5 nitrogen and oxygen atoms in total. The van der Waals surface area contributed by atoms with Crippen molar-refractivity contribution in [2.75, 3.05) is 17.4 Å². The van der Waals surface area contributed by atoms with Crippen molar-refractivity contribution in [3.05, 3.63) is 83.7 Å². The van der Waals surface area contributed by atoms with Crippen LogP contribution < -0.4 is 19.7 Å². The average molecular weight is 576 g/mol. The predicted molar refractivity (Wildman–Crippen MR) is 144 cm³/mol. The average Bonchev–Trinajstić information content (AvgIpc) is 3.02. The summed E-state index contributed by atoms with van der Waals surface area (Å²) in [4.78, 5) is 6.33. The van der Waals surface area contributed by atoms with Crippen molar-refractivity contribution in [1.29, 1.82) is 0 Å². The molecule has 1 aliphatic rings. The number of halogens is 6. The van der Waals surface area contributed by atoms with Crippen LogP contribution in [0.25, 0.3) is 17.0 Å². The summed E-state index contributed by atoms with van der Waals surface area (Å²) in [5.41, 5.74) is 9.08. The number of aromatic nitrogens is 1. The van der Waals surface area contributed by atoms with Crippen molar-refractivity contribution in [1.82, 2.24) is 0 Å². The van der Waals surface area contributed by atoms with Crippen LogP contribution in [0.5, 0.6) is 0 Å². The molecule has 3 aromatic rings. The molecule has 0 unspecified atom stereocenters. The number of fused-ring (bicyclic) bond motifs is 2. The van der Waals surface area contributed by atoms with Crippen molar-refractivity contribution in [3.63, 3.8) is 0 Å². The number of benzene rings is 2. The standard InChI is InChI=1S/C27H31N3O2.F5P.FH/c1-5-6-18-30-22(16-14-20-10-7-8-12-24(20)30)11-9-13-26-27(2,3)23-19-21(28-32-31)15-17-25(23)29(26)4;1-6(2,3,4)5;/h7-17,19,28H,5-6,18H2,1-4H3;;1H. The largest absolute Gasteiger partial charge is 1.00 e. The normalized spacial score (nSPS) is 16.3. The van der Waals surface area contributed by atoms with E-state index in [4.69, 9.17) is 5.26 Å². The summed E-state index contributed by atoms with van der Waals surface area (Å²) in [6.45, 7) is 7.68. The molecule has 1 aliphatic heterocycles. The van der Waals surface area contributed by atoms with Crippen LogP contribution >= 0.6 is 8.16 Å². The van der Waals surface area contributed by atoms with E-state index >= 15 is 0 Å². The number of rotatable bonds is 7. The molecular weight excluding hydrogens is 543 g/mol. The van der Waals surface area contributed by atoms with Gasteiger partial charge < -0.3 is 9.60 Å². The van der Waals surface area contributed by atoms with Gasteiger partial charge in [-0.1, -0.05) is 45.4 Å². The third kappa shape index (κ3) is 8.42. The Kier molecular flexibility index (Phi) is 10.2. The zero-order valence-corrected chi connectivity index (χ0v) is 22.9. The van der Waals surface area contributed by atoms with Gasteiger partial charge in [-0.05, 0) is 42.0 Å². The van der Waals surface area contributed by atoms with Crippen molar-refractivity contribution in [2.45, 2.75) is 45.6 Å². The van der Waals surface area contributed by atoms with E-state index in [2.05, 4.69) is 102 Å². The third-order valence-corrected chi connectivity index (χ3v) is 6.43. The van der Waals surface area contributed by atoms with Crippen molar-refractivity contribution >= 4 is 36.5 Å². The van der Waals surface area contributed by atoms with E-state index in [1.54, 1.807) is 0 Å². The van der Waals surface area contributed by atoms with Crippen LogP contribution in [-0.2, 0) is 16.9 Å². The van der Waals surface area contributed by atoms with Crippen LogP contribution in [0, 0.1) is 0 Å². The summed E-state index contributed by atoms with van der Waals surface area (Å²) < 4.78 is 51.6. The molecular formula is C27H32F6N3O2P. The fraction of sp³-hybridized carbons (Fsp3) is 0.296. The van der Waals surface area contributed by atoms with Gasteiger partial charge in [0, 0.05) is 53.9 Å². The first-order valence-electron chi connectivity index (χ1n) is 12.1. The van der Waals surface area contributed by atoms with Gasteiger partial charge in [0.25, 0.3) is 0 Å². The number of likely N-dealkylation sites (N-methyl/N-ethyl adjacent to an activating group) is 1. The van der Waals surface area contributed by atoms with E-state index in [1.807, 2.05) is 18.2 Å². The number of allylic oxidation sites excluding steroid dienone is 3. The Hall–Kier alpha value is -3.14. The SMILES string of the molecule is CCCC[n+]1c(C=CC=C2N(C)c3ccc(NOO)cc3C2(C)C)ccc2ccccc21.FP(F)(F)(F)F.[F-]. The molecule has 0 saturated heterocycles. The van der Waals surface area contributed by atoms with E-state index in [9.17, 15) is 21.0 Å². The van der Waals surface area contributed by atoms with Gasteiger partial charge in [-0.3, -0.25) is 0 Å². The van der Waals surface area contributed by atoms with Crippen molar-refractivity contribution < 1.29 is 40.5 Å². The van der Waals surface area contributed by atoms with E-state index in [1.165, 1.54) is 34.3 Å². The number of hydrogen-bond acceptors (Lipinski definition) is 4. The van der Waals surface area contributed by atoms with E-state index in [-0.39, 0.29) is 10.1 Å². The number of hydrogen-bond donors (Lipinski definition) is 2. The number of para-hydroxylation sites is 1. The summed E-state index contributed by atoms with van der Waals surface area (Å²) in [7, 11) is -6.45. The maximum atomic E-state index is 9.84. The maximum Gasteiger partial charge on any atom is -1.00 e. The fourth-order valence-electron chi connectivity index (χ4n) is 4.68. The minimum absolute atomic E-state index is 0. The van der Waals surface area contributed by atoms with Gasteiger partial charge in [0.15, 0.2) is 0 Å². The first-order valence-corrected chi connectivity index (χ1v) is 13.8. The molecule has 39 heavy (non-hydrogen) atoms. The Morgan fingerprint density at radius 1 is 1.05 bits per heavy atom. The molecule has 2 N–H and O–H groups in total. The second kappa shape index (κ2) is 12.4. The first kappa shape index (κ1) is 32.1. The molecule has 12 heteroatoms. The topological polar surface area (TPSA) is 48.6 Å². The molecule has 0 radical (unpaired) electrons. The van der Waals surface area contributed by atoms with Gasteiger partial charge in [0.05, 0.1) is 5.69 Å². The van der Waals surface area contributed by atoms with Crippen LogP contribution in [0.3, 0.4) is 0 Å². The number of aryl methyl sites for hydroxylation is 1. The fourth-order valence-corrected chi connectivity index (χ4v) is 4.68. The second-order valence-corrected chi connectivity index (χ2v) is 10.8. The molecule has 214 valence electrons. The van der Waals surface area contributed by atoms with Crippen molar-refractivity contribution in [2.24, 2.45) is 0 Å². The van der Waals surface area contributed by atoms with E-state index in [0.717, 1.165) is 24.3 Å². The molecule has 2 aromatic carbocycles. The molecule has 1 aromatic heterocycles. The third-order valence-electron chi connectivity index (χ3n) is 6.43. The van der Waals surface area contributed by atoms with Gasteiger partial charge in [0.2, 0.25) is 11.2 Å². The molecule has 0 fully saturated rings. The minimum Gasteiger partial charge on any atom is -1.00 e. The van der Waals surface area contributed by atoms with Gasteiger partial charge in [0.1, 0.15) is 6.54 Å². The summed E-state index contributed by atoms with van der Waals surface area (Å²) in [6.07, 6.45) is 8.88. The molecule has 2 heterocycles. The molecule has 0 atom stereocenters. The van der Waals surface area contributed by atoms with Crippen LogP contribution in [0.2, 0.25) is 0 Å². The molecule has 0 aliphatic carbocycles. The van der Waals surface area contributed by atoms with Crippen LogP contribution in [0.15, 0.2) is 72.4 Å². The molecule has 0 bridgehead atoms. The predicted octanol–water partition coefficient (Wildman–Crippen LogP) is 6.03. The zero-order chi connectivity index (χ0) is 28.2. The monoisotopic (exact) mass is 575 g/mol. The Bertz CT molecular complexity index is 1340. The zero-order valence-electron chi connectivity index (χ0n) is 22.0. The number of nitrogens with one attached hydrogen (secondary N) is 1. The summed E-state index contributed by atoms with van der Waals surface area (Å²) in [5, 5.41) is 9.99.